The van der Waals surface area contributed by atoms with Gasteiger partial charge in [0.2, 0.25) is 0 Å². The Kier molecular flexibility index (Phi) is 2.36. The topological polar surface area (TPSA) is 52.0 Å². The Bertz CT molecular complexity index is 274. The molecule has 1 aromatic heterocycles. The summed E-state index contributed by atoms with van der Waals surface area (Å²) in [5.74, 6) is 1.44. The van der Waals surface area contributed by atoms with Crippen LogP contribution >= 0.6 is 0 Å². The van der Waals surface area contributed by atoms with Gasteiger partial charge in [-0.15, -0.1) is 0 Å². The van der Waals surface area contributed by atoms with Gasteiger partial charge < -0.3 is 10.2 Å². The van der Waals surface area contributed by atoms with Gasteiger partial charge in [0, 0.05) is 12.0 Å². The lowest BCUT2D eigenvalue weighted by Gasteiger charge is -2.01. The van der Waals surface area contributed by atoms with Crippen molar-refractivity contribution in [3.05, 3.63) is 17.8 Å². The van der Waals surface area contributed by atoms with E-state index in [1.54, 1.807) is 6.26 Å². The first-order chi connectivity index (χ1) is 6.27. The molecular formula is C10H16N2O. The number of hydrogen-bond donors (Lipinski definition) is 1. The maximum absolute atomic E-state index is 5.70. The molecule has 0 spiro atoms. The Morgan fingerprint density at radius 2 is 2.23 bits per heavy atom. The average molecular weight is 180 g/mol. The molecule has 72 valence electrons. The molecule has 1 aromatic rings. The van der Waals surface area contributed by atoms with Gasteiger partial charge in [-0.1, -0.05) is 12.8 Å². The number of rotatable bonds is 2. The summed E-state index contributed by atoms with van der Waals surface area (Å²) in [4.78, 5) is 4.40. The van der Waals surface area contributed by atoms with E-state index in [1.165, 1.54) is 25.7 Å². The van der Waals surface area contributed by atoms with Gasteiger partial charge in [0.25, 0.3) is 0 Å². The molecule has 2 rings (SSSR count). The Morgan fingerprint density at radius 1 is 1.54 bits per heavy atom. The molecule has 1 unspecified atom stereocenters. The van der Waals surface area contributed by atoms with Crippen LogP contribution in [0.5, 0.6) is 0 Å². The van der Waals surface area contributed by atoms with Crippen LogP contribution in [-0.2, 0) is 0 Å². The van der Waals surface area contributed by atoms with E-state index in [1.807, 2.05) is 6.92 Å². The highest BCUT2D eigenvalue weighted by atomic mass is 16.3. The molecule has 0 amide bonds. The van der Waals surface area contributed by atoms with E-state index in [-0.39, 0.29) is 6.04 Å². The quantitative estimate of drug-likeness (QED) is 0.760. The number of nitrogens with two attached hydrogens (primary N) is 1. The molecule has 3 nitrogen and oxygen atoms in total. The fourth-order valence-electron chi connectivity index (χ4n) is 1.87. The zero-order valence-electron chi connectivity index (χ0n) is 7.99. The average Bonchev–Trinajstić information content (AvgIpc) is 2.75. The van der Waals surface area contributed by atoms with Gasteiger partial charge in [0.05, 0.1) is 5.69 Å². The Morgan fingerprint density at radius 3 is 2.77 bits per heavy atom. The molecule has 0 radical (unpaired) electrons. The Hall–Kier alpha value is -0.830. The molecule has 1 heterocycles. The normalized spacial score (nSPS) is 20.8. The monoisotopic (exact) mass is 180 g/mol. The summed E-state index contributed by atoms with van der Waals surface area (Å²) in [6.45, 7) is 1.93. The van der Waals surface area contributed by atoms with Crippen molar-refractivity contribution >= 4 is 0 Å². The van der Waals surface area contributed by atoms with Crippen LogP contribution < -0.4 is 5.73 Å². The minimum Gasteiger partial charge on any atom is -0.448 e. The SMILES string of the molecule is CC(N)c1coc(C2CCCC2)n1. The van der Waals surface area contributed by atoms with Crippen molar-refractivity contribution in [1.29, 1.82) is 0 Å². The number of aromatic nitrogens is 1. The molecule has 3 heteroatoms. The molecule has 1 aliphatic carbocycles. The molecule has 0 saturated heterocycles. The second-order valence-corrected chi connectivity index (χ2v) is 3.88. The van der Waals surface area contributed by atoms with Gasteiger partial charge in [0.15, 0.2) is 5.89 Å². The summed E-state index contributed by atoms with van der Waals surface area (Å²) in [5.41, 5.74) is 6.58. The lowest BCUT2D eigenvalue weighted by Crippen LogP contribution is -2.05. The van der Waals surface area contributed by atoms with Crippen LogP contribution in [0.4, 0.5) is 0 Å². The van der Waals surface area contributed by atoms with Crippen molar-refractivity contribution in [1.82, 2.24) is 4.98 Å². The maximum Gasteiger partial charge on any atom is 0.197 e. The van der Waals surface area contributed by atoms with Crippen molar-refractivity contribution in [3.63, 3.8) is 0 Å². The van der Waals surface area contributed by atoms with E-state index < -0.39 is 0 Å². The van der Waals surface area contributed by atoms with Crippen LogP contribution in [0.1, 0.15) is 56.2 Å². The molecule has 1 atom stereocenters. The molecule has 2 N–H and O–H groups in total. The van der Waals surface area contributed by atoms with Crippen molar-refractivity contribution in [2.45, 2.75) is 44.6 Å². The minimum atomic E-state index is -0.0149. The number of hydrogen-bond acceptors (Lipinski definition) is 3. The molecule has 0 aromatic carbocycles. The first-order valence-corrected chi connectivity index (χ1v) is 4.98. The largest absolute Gasteiger partial charge is 0.448 e. The lowest BCUT2D eigenvalue weighted by molar-refractivity contribution is 0.448. The maximum atomic E-state index is 5.70. The molecule has 1 fully saturated rings. The zero-order chi connectivity index (χ0) is 9.26. The van der Waals surface area contributed by atoms with Gasteiger partial charge in [-0.3, -0.25) is 0 Å². The first kappa shape index (κ1) is 8.75. The summed E-state index contributed by atoms with van der Waals surface area (Å²) >= 11 is 0. The van der Waals surface area contributed by atoms with Crippen LogP contribution in [-0.4, -0.2) is 4.98 Å². The number of nitrogens with zero attached hydrogens (tertiary/aromatic N) is 1. The summed E-state index contributed by atoms with van der Waals surface area (Å²) in [5, 5.41) is 0. The molecule has 1 aliphatic rings. The molecular weight excluding hydrogens is 164 g/mol. The second kappa shape index (κ2) is 3.50. The van der Waals surface area contributed by atoms with E-state index in [9.17, 15) is 0 Å². The van der Waals surface area contributed by atoms with Gasteiger partial charge in [-0.2, -0.15) is 0 Å². The smallest absolute Gasteiger partial charge is 0.197 e. The third-order valence-corrected chi connectivity index (χ3v) is 2.71. The summed E-state index contributed by atoms with van der Waals surface area (Å²) in [7, 11) is 0. The van der Waals surface area contributed by atoms with E-state index in [2.05, 4.69) is 4.98 Å². The fraction of sp³-hybridized carbons (Fsp3) is 0.700. The Balaban J connectivity index is 2.12. The highest BCUT2D eigenvalue weighted by molar-refractivity contribution is 5.05. The first-order valence-electron chi connectivity index (χ1n) is 4.98. The summed E-state index contributed by atoms with van der Waals surface area (Å²) in [6.07, 6.45) is 6.75. The van der Waals surface area contributed by atoms with Crippen molar-refractivity contribution < 1.29 is 4.42 Å². The predicted molar refractivity (Wildman–Crippen MR) is 50.3 cm³/mol. The van der Waals surface area contributed by atoms with Crippen LogP contribution in [0.3, 0.4) is 0 Å². The van der Waals surface area contributed by atoms with Crippen molar-refractivity contribution in [2.75, 3.05) is 0 Å². The molecule has 0 bridgehead atoms. The highest BCUT2D eigenvalue weighted by Crippen LogP contribution is 2.33. The Labute approximate surface area is 78.3 Å². The third-order valence-electron chi connectivity index (χ3n) is 2.71. The fourth-order valence-corrected chi connectivity index (χ4v) is 1.87. The summed E-state index contributed by atoms with van der Waals surface area (Å²) < 4.78 is 5.42. The van der Waals surface area contributed by atoms with Crippen molar-refractivity contribution in [3.8, 4) is 0 Å². The predicted octanol–water partition coefficient (Wildman–Crippen LogP) is 2.35. The highest BCUT2D eigenvalue weighted by Gasteiger charge is 2.22. The second-order valence-electron chi connectivity index (χ2n) is 3.88. The van der Waals surface area contributed by atoms with Crippen LogP contribution in [0.15, 0.2) is 10.7 Å². The molecule has 0 aliphatic heterocycles. The minimum absolute atomic E-state index is 0.0149. The van der Waals surface area contributed by atoms with Crippen LogP contribution in [0.25, 0.3) is 0 Å². The standard InChI is InChI=1S/C10H16N2O/c1-7(11)9-6-13-10(12-9)8-4-2-3-5-8/h6-8H,2-5,11H2,1H3. The van der Waals surface area contributed by atoms with E-state index in [4.69, 9.17) is 10.2 Å². The lowest BCUT2D eigenvalue weighted by atomic mass is 10.1. The number of oxazole rings is 1. The van der Waals surface area contributed by atoms with E-state index >= 15 is 0 Å². The third kappa shape index (κ3) is 1.75. The van der Waals surface area contributed by atoms with Crippen LogP contribution in [0, 0.1) is 0 Å². The van der Waals surface area contributed by atoms with E-state index in [0.717, 1.165) is 11.6 Å². The summed E-state index contributed by atoms with van der Waals surface area (Å²) in [6, 6.07) is -0.0149. The van der Waals surface area contributed by atoms with E-state index in [0.29, 0.717) is 5.92 Å². The molecule has 1 saturated carbocycles. The molecule has 13 heavy (non-hydrogen) atoms. The van der Waals surface area contributed by atoms with Gasteiger partial charge in [0.1, 0.15) is 6.26 Å². The van der Waals surface area contributed by atoms with Crippen molar-refractivity contribution in [2.24, 2.45) is 5.73 Å². The zero-order valence-corrected chi connectivity index (χ0v) is 7.99. The van der Waals surface area contributed by atoms with Gasteiger partial charge in [-0.25, -0.2) is 4.98 Å². The van der Waals surface area contributed by atoms with Gasteiger partial charge >= 0.3 is 0 Å². The van der Waals surface area contributed by atoms with Gasteiger partial charge in [-0.05, 0) is 19.8 Å². The van der Waals surface area contributed by atoms with Crippen LogP contribution in [0.2, 0.25) is 0 Å².